The van der Waals surface area contributed by atoms with Crippen molar-refractivity contribution in [2.75, 3.05) is 4.43 Å². The Labute approximate surface area is 58.8 Å². The van der Waals surface area contributed by atoms with Gasteiger partial charge >= 0.3 is 0 Å². The highest BCUT2D eigenvalue weighted by Crippen LogP contribution is 2.33. The van der Waals surface area contributed by atoms with Crippen LogP contribution >= 0.6 is 22.6 Å². The molecular formula is C6H11I. The molecule has 0 aromatic carbocycles. The Kier molecular flexibility index (Phi) is 1.95. The molecule has 1 rings (SSSR count). The number of hydrogen-bond acceptors (Lipinski definition) is 0. The van der Waals surface area contributed by atoms with Gasteiger partial charge in [-0.25, -0.2) is 0 Å². The summed E-state index contributed by atoms with van der Waals surface area (Å²) in [6, 6.07) is 0. The Balaban J connectivity index is 2.06. The van der Waals surface area contributed by atoms with Gasteiger partial charge in [0.1, 0.15) is 0 Å². The minimum Gasteiger partial charge on any atom is -0.0861 e. The van der Waals surface area contributed by atoms with Crippen molar-refractivity contribution in [1.82, 2.24) is 0 Å². The Hall–Kier alpha value is 0.730. The SMILES string of the molecule is C[C@H]1C[C@@H](CI)C1. The molecule has 7 heavy (non-hydrogen) atoms. The summed E-state index contributed by atoms with van der Waals surface area (Å²) in [5.74, 6) is 2.12. The van der Waals surface area contributed by atoms with Crippen molar-refractivity contribution in [3.05, 3.63) is 0 Å². The van der Waals surface area contributed by atoms with Gasteiger partial charge in [-0.15, -0.1) is 0 Å². The summed E-state index contributed by atoms with van der Waals surface area (Å²) >= 11 is 2.47. The maximum atomic E-state index is 2.47. The molecule has 1 heteroatoms. The van der Waals surface area contributed by atoms with E-state index in [1.807, 2.05) is 0 Å². The average molecular weight is 210 g/mol. The van der Waals surface area contributed by atoms with Crippen molar-refractivity contribution in [2.45, 2.75) is 19.8 Å². The molecule has 0 spiro atoms. The topological polar surface area (TPSA) is 0 Å². The van der Waals surface area contributed by atoms with E-state index in [9.17, 15) is 0 Å². The highest BCUT2D eigenvalue weighted by Gasteiger charge is 2.23. The van der Waals surface area contributed by atoms with Crippen molar-refractivity contribution in [1.29, 1.82) is 0 Å². The van der Waals surface area contributed by atoms with Crippen LogP contribution in [0.1, 0.15) is 19.8 Å². The number of alkyl halides is 1. The second-order valence-electron chi connectivity index (χ2n) is 2.60. The molecule has 0 amide bonds. The lowest BCUT2D eigenvalue weighted by Gasteiger charge is -2.30. The van der Waals surface area contributed by atoms with Gasteiger partial charge in [-0.1, -0.05) is 29.5 Å². The third kappa shape index (κ3) is 1.31. The van der Waals surface area contributed by atoms with Crippen LogP contribution in [0.2, 0.25) is 0 Å². The maximum Gasteiger partial charge on any atom is 0.00239 e. The predicted octanol–water partition coefficient (Wildman–Crippen LogP) is 2.47. The second-order valence-corrected chi connectivity index (χ2v) is 3.48. The first-order valence-corrected chi connectivity index (χ1v) is 4.41. The molecule has 1 aliphatic rings. The van der Waals surface area contributed by atoms with E-state index in [1.165, 1.54) is 17.3 Å². The minimum absolute atomic E-state index is 1.04. The highest BCUT2D eigenvalue weighted by molar-refractivity contribution is 14.1. The van der Waals surface area contributed by atoms with E-state index in [1.54, 1.807) is 0 Å². The van der Waals surface area contributed by atoms with Crippen molar-refractivity contribution < 1.29 is 0 Å². The van der Waals surface area contributed by atoms with Gasteiger partial charge in [-0.05, 0) is 24.7 Å². The van der Waals surface area contributed by atoms with E-state index >= 15 is 0 Å². The van der Waals surface area contributed by atoms with E-state index in [4.69, 9.17) is 0 Å². The molecule has 0 saturated heterocycles. The summed E-state index contributed by atoms with van der Waals surface area (Å²) in [5, 5.41) is 0. The third-order valence-corrected chi connectivity index (χ3v) is 2.94. The van der Waals surface area contributed by atoms with Crippen LogP contribution < -0.4 is 0 Å². The lowest BCUT2D eigenvalue weighted by Crippen LogP contribution is -2.21. The third-order valence-electron chi connectivity index (χ3n) is 1.69. The quantitative estimate of drug-likeness (QED) is 0.460. The summed E-state index contributed by atoms with van der Waals surface area (Å²) in [4.78, 5) is 0. The standard InChI is InChI=1S/C6H11I/c1-5-2-6(3-5)4-7/h5-6H,2-4H2,1H3/t5-,6+. The zero-order chi connectivity index (χ0) is 5.28. The molecule has 1 saturated carbocycles. The second kappa shape index (κ2) is 2.33. The van der Waals surface area contributed by atoms with E-state index in [0.29, 0.717) is 0 Å². The highest BCUT2D eigenvalue weighted by atomic mass is 127. The van der Waals surface area contributed by atoms with E-state index < -0.39 is 0 Å². The molecule has 42 valence electrons. The van der Waals surface area contributed by atoms with Gasteiger partial charge in [-0.2, -0.15) is 0 Å². The summed E-state index contributed by atoms with van der Waals surface area (Å²) in [6.45, 7) is 2.34. The maximum absolute atomic E-state index is 2.47. The van der Waals surface area contributed by atoms with Crippen molar-refractivity contribution in [3.63, 3.8) is 0 Å². The Morgan fingerprint density at radius 3 is 2.29 bits per heavy atom. The van der Waals surface area contributed by atoms with Crippen LogP contribution in [0, 0.1) is 11.8 Å². The monoisotopic (exact) mass is 210 g/mol. The molecule has 0 aliphatic heterocycles. The summed E-state index contributed by atoms with van der Waals surface area (Å²) < 4.78 is 1.38. The molecule has 0 nitrogen and oxygen atoms in total. The normalized spacial score (nSPS) is 40.3. The van der Waals surface area contributed by atoms with E-state index in [0.717, 1.165) is 11.8 Å². The molecule has 1 fully saturated rings. The van der Waals surface area contributed by atoms with Crippen LogP contribution in [-0.2, 0) is 0 Å². The first-order chi connectivity index (χ1) is 3.33. The van der Waals surface area contributed by atoms with Crippen molar-refractivity contribution in [3.8, 4) is 0 Å². The first-order valence-electron chi connectivity index (χ1n) is 2.89. The van der Waals surface area contributed by atoms with Crippen LogP contribution in [0.15, 0.2) is 0 Å². The van der Waals surface area contributed by atoms with Gasteiger partial charge in [-0.3, -0.25) is 0 Å². The molecule has 0 aromatic rings. The van der Waals surface area contributed by atoms with Crippen LogP contribution in [0.5, 0.6) is 0 Å². The fraction of sp³-hybridized carbons (Fsp3) is 1.00. The summed E-state index contributed by atoms with van der Waals surface area (Å²) in [6.07, 6.45) is 2.98. The smallest absolute Gasteiger partial charge is 0.00239 e. The van der Waals surface area contributed by atoms with Crippen LogP contribution in [0.25, 0.3) is 0 Å². The van der Waals surface area contributed by atoms with Crippen molar-refractivity contribution >= 4 is 22.6 Å². The molecule has 0 bridgehead atoms. The molecule has 0 unspecified atom stereocenters. The first kappa shape index (κ1) is 5.86. The van der Waals surface area contributed by atoms with Gasteiger partial charge < -0.3 is 0 Å². The van der Waals surface area contributed by atoms with E-state index in [2.05, 4.69) is 29.5 Å². The van der Waals surface area contributed by atoms with Crippen molar-refractivity contribution in [2.24, 2.45) is 11.8 Å². The number of rotatable bonds is 1. The fourth-order valence-electron chi connectivity index (χ4n) is 1.20. The Morgan fingerprint density at radius 2 is 2.14 bits per heavy atom. The predicted molar refractivity (Wildman–Crippen MR) is 40.8 cm³/mol. The minimum atomic E-state index is 1.04. The van der Waals surface area contributed by atoms with Crippen LogP contribution in [-0.4, -0.2) is 4.43 Å². The number of hydrogen-bond donors (Lipinski definition) is 0. The average Bonchev–Trinajstić information content (AvgIpc) is 1.58. The van der Waals surface area contributed by atoms with Gasteiger partial charge in [0.2, 0.25) is 0 Å². The van der Waals surface area contributed by atoms with E-state index in [-0.39, 0.29) is 0 Å². The van der Waals surface area contributed by atoms with Gasteiger partial charge in [0, 0.05) is 4.43 Å². The summed E-state index contributed by atoms with van der Waals surface area (Å²) in [7, 11) is 0. The molecule has 1 aliphatic carbocycles. The zero-order valence-corrected chi connectivity index (χ0v) is 6.81. The van der Waals surface area contributed by atoms with Crippen LogP contribution in [0.4, 0.5) is 0 Å². The van der Waals surface area contributed by atoms with Gasteiger partial charge in [0.15, 0.2) is 0 Å². The van der Waals surface area contributed by atoms with Gasteiger partial charge in [0.05, 0.1) is 0 Å². The van der Waals surface area contributed by atoms with Gasteiger partial charge in [0.25, 0.3) is 0 Å². The molecule has 0 N–H and O–H groups in total. The molecule has 0 radical (unpaired) electrons. The Morgan fingerprint density at radius 1 is 1.57 bits per heavy atom. The molecule has 0 heterocycles. The molecule has 0 atom stereocenters. The Bertz CT molecular complexity index is 55.2. The van der Waals surface area contributed by atoms with Crippen LogP contribution in [0.3, 0.4) is 0 Å². The lowest BCUT2D eigenvalue weighted by atomic mass is 9.78. The lowest BCUT2D eigenvalue weighted by molar-refractivity contribution is 0.241. The summed E-state index contributed by atoms with van der Waals surface area (Å²) in [5.41, 5.74) is 0. The largest absolute Gasteiger partial charge is 0.0861 e. The molecule has 0 aromatic heterocycles. The molecular weight excluding hydrogens is 199 g/mol. The zero-order valence-electron chi connectivity index (χ0n) is 4.65. The fourth-order valence-corrected chi connectivity index (χ4v) is 1.91. The number of halogens is 1.